The number of anilines is 1. The Kier molecular flexibility index (Phi) is 6.64. The van der Waals surface area contributed by atoms with E-state index in [9.17, 15) is 0 Å². The summed E-state index contributed by atoms with van der Waals surface area (Å²) in [5.41, 5.74) is 0. The summed E-state index contributed by atoms with van der Waals surface area (Å²) in [7, 11) is -2.26. The van der Waals surface area contributed by atoms with E-state index in [1.54, 1.807) is 0 Å². The van der Waals surface area contributed by atoms with E-state index in [-0.39, 0.29) is 0 Å². The van der Waals surface area contributed by atoms with Gasteiger partial charge < -0.3 is 14.4 Å². The summed E-state index contributed by atoms with van der Waals surface area (Å²) in [6.07, 6.45) is 8.93. The third kappa shape index (κ3) is 7.58. The lowest BCUT2D eigenvalue weighted by molar-refractivity contribution is -0.0185. The Hall–Kier alpha value is -1.39. The number of hydrogen-bond donors (Lipinski definition) is 0. The van der Waals surface area contributed by atoms with Crippen LogP contribution in [0.5, 0.6) is 0 Å². The molecule has 0 N–H and O–H groups in total. The van der Waals surface area contributed by atoms with Crippen LogP contribution < -0.4 is 4.90 Å². The molecule has 0 amide bonds. The fourth-order valence-electron chi connectivity index (χ4n) is 2.32. The zero-order valence-electron chi connectivity index (χ0n) is 16.5. The first-order valence-electron chi connectivity index (χ1n) is 8.87. The van der Waals surface area contributed by atoms with Crippen molar-refractivity contribution >= 4 is 22.0 Å². The quantitative estimate of drug-likeness (QED) is 0.371. The number of nitrogens with zero attached hydrogens (tertiary/aromatic N) is 4. The van der Waals surface area contributed by atoms with Crippen molar-refractivity contribution in [3.63, 3.8) is 0 Å². The molecule has 2 heterocycles. The number of allylic oxidation sites excluding steroid dienone is 2. The molecule has 25 heavy (non-hydrogen) atoms. The van der Waals surface area contributed by atoms with Crippen LogP contribution in [0.4, 0.5) is 5.82 Å². The van der Waals surface area contributed by atoms with Gasteiger partial charge in [0.1, 0.15) is 5.76 Å². The molecule has 0 unspecified atom stereocenters. The molecule has 0 atom stereocenters. The highest BCUT2D eigenvalue weighted by Gasteiger charge is 2.18. The minimum atomic E-state index is -1.21. The molecule has 0 spiro atoms. The maximum absolute atomic E-state index is 5.75. The molecule has 1 aliphatic heterocycles. The average Bonchev–Trinajstić information content (AvgIpc) is 2.92. The van der Waals surface area contributed by atoms with E-state index in [0.717, 1.165) is 30.4 Å². The molecule has 8 heteroatoms. The van der Waals surface area contributed by atoms with Gasteiger partial charge in [0, 0.05) is 27.0 Å². The number of ether oxygens (including phenoxy) is 2. The van der Waals surface area contributed by atoms with Crippen molar-refractivity contribution < 1.29 is 9.47 Å². The third-order valence-electron chi connectivity index (χ3n) is 3.66. The molecule has 1 aliphatic rings. The summed E-state index contributed by atoms with van der Waals surface area (Å²) in [5.74, 6) is 1.73. The van der Waals surface area contributed by atoms with E-state index in [1.165, 1.54) is 0 Å². The highest BCUT2D eigenvalue weighted by Crippen LogP contribution is 2.17. The van der Waals surface area contributed by atoms with Crippen LogP contribution in [-0.4, -0.2) is 51.1 Å². The molecule has 2 rings (SSSR count). The molecular formula is C17H32N4O2Si2. The first kappa shape index (κ1) is 19.9. The predicted molar refractivity (Wildman–Crippen MR) is 108 cm³/mol. The molecule has 0 bridgehead atoms. The average molecular weight is 381 g/mol. The number of hydrogen-bond acceptors (Lipinski definition) is 5. The van der Waals surface area contributed by atoms with Gasteiger partial charge in [0.15, 0.2) is 12.6 Å². The van der Waals surface area contributed by atoms with Gasteiger partial charge in [-0.25, -0.2) is 0 Å². The van der Waals surface area contributed by atoms with Crippen molar-refractivity contribution in [3.05, 3.63) is 30.3 Å². The van der Waals surface area contributed by atoms with Gasteiger partial charge in [-0.15, -0.1) is 5.10 Å². The Morgan fingerprint density at radius 1 is 1.12 bits per heavy atom. The molecule has 1 aromatic heterocycles. The Labute approximate surface area is 153 Å². The van der Waals surface area contributed by atoms with Crippen molar-refractivity contribution in [1.82, 2.24) is 15.0 Å². The maximum atomic E-state index is 5.75. The topological polar surface area (TPSA) is 52.4 Å². The van der Waals surface area contributed by atoms with Crippen molar-refractivity contribution in [2.45, 2.75) is 51.5 Å². The van der Waals surface area contributed by atoms with E-state index in [1.807, 2.05) is 34.1 Å². The smallest absolute Gasteiger partial charge is 0.188 e. The molecular weight excluding hydrogens is 348 g/mol. The van der Waals surface area contributed by atoms with Gasteiger partial charge in [0.25, 0.3) is 0 Å². The number of rotatable bonds is 9. The lowest BCUT2D eigenvalue weighted by Crippen LogP contribution is -2.28. The zero-order valence-corrected chi connectivity index (χ0v) is 18.5. The van der Waals surface area contributed by atoms with E-state index in [0.29, 0.717) is 13.3 Å². The molecule has 0 aliphatic carbocycles. The minimum absolute atomic E-state index is 0.306. The van der Waals surface area contributed by atoms with Gasteiger partial charge in [-0.2, -0.15) is 0 Å². The van der Waals surface area contributed by atoms with Gasteiger partial charge in [0.2, 0.25) is 0 Å². The lowest BCUT2D eigenvalue weighted by Gasteiger charge is -2.22. The van der Waals surface area contributed by atoms with Gasteiger partial charge in [-0.05, 0) is 18.2 Å². The van der Waals surface area contributed by atoms with Gasteiger partial charge in [-0.1, -0.05) is 44.5 Å². The van der Waals surface area contributed by atoms with Crippen LogP contribution in [0, 0.1) is 0 Å². The van der Waals surface area contributed by atoms with Gasteiger partial charge >= 0.3 is 0 Å². The van der Waals surface area contributed by atoms with Crippen LogP contribution in [0.1, 0.15) is 0 Å². The van der Waals surface area contributed by atoms with Crippen molar-refractivity contribution in [2.75, 3.05) is 24.8 Å². The largest absolute Gasteiger partial charge is 0.470 e. The second-order valence-electron chi connectivity index (χ2n) is 8.92. The molecule has 6 nitrogen and oxygen atoms in total. The molecule has 0 radical (unpaired) electrons. The number of aromatic nitrogens is 3. The summed E-state index contributed by atoms with van der Waals surface area (Å²) >= 11 is 0. The molecule has 0 fully saturated rings. The van der Waals surface area contributed by atoms with E-state index in [2.05, 4.69) is 49.6 Å². The summed E-state index contributed by atoms with van der Waals surface area (Å²) in [5, 5.41) is 8.55. The second-order valence-corrected chi connectivity index (χ2v) is 20.0. The molecule has 140 valence electrons. The fraction of sp³-hybridized carbons (Fsp3) is 0.647. The minimum Gasteiger partial charge on any atom is -0.470 e. The van der Waals surface area contributed by atoms with E-state index >= 15 is 0 Å². The SMILES string of the molecule is C[Si](C)(C)CCOCOC1=CC=CN(c2cn(C[Si](C)(C)C)nn2)C1. The Morgan fingerprint density at radius 3 is 2.56 bits per heavy atom. The second kappa shape index (κ2) is 8.33. The zero-order chi connectivity index (χ0) is 18.5. The van der Waals surface area contributed by atoms with Crippen LogP contribution in [0.15, 0.2) is 30.3 Å². The standard InChI is InChI=1S/C17H32N4O2Si2/c1-24(2,3)11-10-22-15-23-16-8-7-9-20(12-16)17-13-21(19-18-17)14-25(4,5)6/h7-9,13H,10-12,14-15H2,1-6H3. The summed E-state index contributed by atoms with van der Waals surface area (Å²) < 4.78 is 13.3. The monoisotopic (exact) mass is 380 g/mol. The maximum Gasteiger partial charge on any atom is 0.188 e. The Bertz CT molecular complexity index is 615. The van der Waals surface area contributed by atoms with Crippen LogP contribution in [0.25, 0.3) is 0 Å². The first-order chi connectivity index (χ1) is 11.6. The van der Waals surface area contributed by atoms with Crippen LogP contribution in [0.3, 0.4) is 0 Å². The summed E-state index contributed by atoms with van der Waals surface area (Å²) in [4.78, 5) is 2.05. The van der Waals surface area contributed by atoms with Crippen molar-refractivity contribution in [3.8, 4) is 0 Å². The van der Waals surface area contributed by atoms with E-state index < -0.39 is 16.1 Å². The Balaban J connectivity index is 1.79. The van der Waals surface area contributed by atoms with Gasteiger partial charge in [-0.3, -0.25) is 4.68 Å². The highest BCUT2D eigenvalue weighted by atomic mass is 28.3. The van der Waals surface area contributed by atoms with Crippen molar-refractivity contribution in [1.29, 1.82) is 0 Å². The van der Waals surface area contributed by atoms with Crippen LogP contribution in [-0.2, 0) is 15.6 Å². The Morgan fingerprint density at radius 2 is 1.88 bits per heavy atom. The van der Waals surface area contributed by atoms with Gasteiger partial charge in [0.05, 0.1) is 20.8 Å². The predicted octanol–water partition coefficient (Wildman–Crippen LogP) is 3.70. The third-order valence-corrected chi connectivity index (χ3v) is 6.63. The summed E-state index contributed by atoms with van der Waals surface area (Å²) in [6, 6.07) is 1.15. The molecule has 0 saturated carbocycles. The highest BCUT2D eigenvalue weighted by molar-refractivity contribution is 6.76. The normalized spacial score (nSPS) is 15.4. The fourth-order valence-corrected chi connectivity index (χ4v) is 4.20. The van der Waals surface area contributed by atoms with Crippen molar-refractivity contribution in [2.24, 2.45) is 0 Å². The summed E-state index contributed by atoms with van der Waals surface area (Å²) in [6.45, 7) is 15.7. The molecule has 0 aromatic carbocycles. The van der Waals surface area contributed by atoms with E-state index in [4.69, 9.17) is 9.47 Å². The van der Waals surface area contributed by atoms with Crippen LogP contribution in [0.2, 0.25) is 45.3 Å². The first-order valence-corrected chi connectivity index (χ1v) is 16.3. The molecule has 0 saturated heterocycles. The molecule has 1 aromatic rings. The lowest BCUT2D eigenvalue weighted by atomic mass is 10.3. The van der Waals surface area contributed by atoms with Crippen LogP contribution >= 0.6 is 0 Å².